The Labute approximate surface area is 108 Å². The second-order valence-corrected chi connectivity index (χ2v) is 5.61. The molecule has 2 unspecified atom stereocenters. The summed E-state index contributed by atoms with van der Waals surface area (Å²) in [5.41, 5.74) is -0.338. The first-order chi connectivity index (χ1) is 8.58. The van der Waals surface area contributed by atoms with Gasteiger partial charge in [0, 0.05) is 20.1 Å². The van der Waals surface area contributed by atoms with Crippen molar-refractivity contribution in [3.8, 4) is 0 Å². The van der Waals surface area contributed by atoms with Gasteiger partial charge in [-0.1, -0.05) is 0 Å². The Hall–Kier alpha value is -1.10. The van der Waals surface area contributed by atoms with E-state index >= 15 is 0 Å². The number of nitrogens with one attached hydrogen (secondary N) is 2. The van der Waals surface area contributed by atoms with Crippen molar-refractivity contribution in [3.63, 3.8) is 0 Å². The van der Waals surface area contributed by atoms with E-state index in [2.05, 4.69) is 10.6 Å². The second-order valence-electron chi connectivity index (χ2n) is 5.61. The van der Waals surface area contributed by atoms with Crippen LogP contribution >= 0.6 is 0 Å². The Morgan fingerprint density at radius 3 is 2.78 bits per heavy atom. The zero-order valence-corrected chi connectivity index (χ0v) is 11.3. The highest BCUT2D eigenvalue weighted by molar-refractivity contribution is 5.90. The van der Waals surface area contributed by atoms with Crippen LogP contribution in [0.3, 0.4) is 0 Å². The molecule has 2 aliphatic heterocycles. The van der Waals surface area contributed by atoms with Crippen LogP contribution in [0.15, 0.2) is 0 Å². The Bertz CT molecular complexity index is 337. The Balaban J connectivity index is 2.09. The fraction of sp³-hybridized carbons (Fsp3) is 0.846. The molecule has 0 saturated carbocycles. The van der Waals surface area contributed by atoms with E-state index in [0.717, 1.165) is 38.8 Å². The quantitative estimate of drug-likeness (QED) is 0.734. The maximum atomic E-state index is 12.7. The normalized spacial score (nSPS) is 32.3. The number of hydrogen-bond donors (Lipinski definition) is 2. The third-order valence-corrected chi connectivity index (χ3v) is 4.18. The zero-order chi connectivity index (χ0) is 13.2. The summed E-state index contributed by atoms with van der Waals surface area (Å²) in [5.74, 6) is 0.106. The van der Waals surface area contributed by atoms with Crippen LogP contribution in [0.4, 0.5) is 0 Å². The third-order valence-electron chi connectivity index (χ3n) is 4.18. The first-order valence-corrected chi connectivity index (χ1v) is 6.82. The number of likely N-dealkylation sites (N-methyl/N-ethyl adjacent to an activating group) is 1. The molecule has 2 atom stereocenters. The van der Waals surface area contributed by atoms with E-state index in [1.54, 1.807) is 11.9 Å². The predicted molar refractivity (Wildman–Crippen MR) is 69.0 cm³/mol. The molecule has 2 amide bonds. The fourth-order valence-corrected chi connectivity index (χ4v) is 3.03. The molecule has 0 radical (unpaired) electrons. The van der Waals surface area contributed by atoms with Gasteiger partial charge >= 0.3 is 0 Å². The van der Waals surface area contributed by atoms with Crippen molar-refractivity contribution in [2.24, 2.45) is 5.41 Å². The molecule has 2 aliphatic rings. The number of likely N-dealkylation sites (tertiary alicyclic amines) is 1. The number of carbonyl (C=O) groups is 2. The van der Waals surface area contributed by atoms with Crippen LogP contribution < -0.4 is 10.6 Å². The maximum absolute atomic E-state index is 12.7. The molecule has 0 bridgehead atoms. The number of nitrogens with zero attached hydrogens (tertiary/aromatic N) is 1. The number of carbonyl (C=O) groups excluding carboxylic acids is 2. The minimum Gasteiger partial charge on any atom is -0.357 e. The lowest BCUT2D eigenvalue weighted by Crippen LogP contribution is -2.54. The molecule has 0 aromatic heterocycles. The van der Waals surface area contributed by atoms with Gasteiger partial charge in [0.2, 0.25) is 11.8 Å². The highest BCUT2D eigenvalue weighted by Gasteiger charge is 2.43. The van der Waals surface area contributed by atoms with E-state index in [9.17, 15) is 9.59 Å². The van der Waals surface area contributed by atoms with Gasteiger partial charge in [0.25, 0.3) is 0 Å². The lowest BCUT2D eigenvalue weighted by molar-refractivity contribution is -0.146. The summed E-state index contributed by atoms with van der Waals surface area (Å²) < 4.78 is 0. The molecule has 5 nitrogen and oxygen atoms in total. The average molecular weight is 253 g/mol. The highest BCUT2D eigenvalue weighted by atomic mass is 16.2. The number of hydrogen-bond acceptors (Lipinski definition) is 3. The van der Waals surface area contributed by atoms with E-state index in [0.29, 0.717) is 6.54 Å². The molecule has 0 aromatic rings. The summed E-state index contributed by atoms with van der Waals surface area (Å²) in [6, 6.07) is -0.263. The van der Waals surface area contributed by atoms with Gasteiger partial charge in [0.15, 0.2) is 0 Å². The van der Waals surface area contributed by atoms with E-state index in [1.807, 2.05) is 6.92 Å². The molecule has 5 heteroatoms. The molecule has 2 fully saturated rings. The minimum absolute atomic E-state index is 0.0341. The van der Waals surface area contributed by atoms with Crippen molar-refractivity contribution in [3.05, 3.63) is 0 Å². The largest absolute Gasteiger partial charge is 0.357 e. The summed E-state index contributed by atoms with van der Waals surface area (Å²) in [7, 11) is 1.63. The molecule has 2 heterocycles. The first kappa shape index (κ1) is 13.3. The van der Waals surface area contributed by atoms with Crippen molar-refractivity contribution in [2.45, 2.75) is 38.6 Å². The van der Waals surface area contributed by atoms with Gasteiger partial charge in [-0.3, -0.25) is 9.59 Å². The first-order valence-electron chi connectivity index (χ1n) is 6.82. The second kappa shape index (κ2) is 5.26. The predicted octanol–water partition coefficient (Wildman–Crippen LogP) is 0.113. The molecule has 0 aliphatic carbocycles. The molecule has 2 saturated heterocycles. The molecular weight excluding hydrogens is 230 g/mol. The number of rotatable bonds is 2. The number of piperidine rings is 1. The van der Waals surface area contributed by atoms with Crippen LogP contribution in [0.1, 0.15) is 32.6 Å². The maximum Gasteiger partial charge on any atom is 0.242 e. The van der Waals surface area contributed by atoms with Crippen molar-refractivity contribution in [2.75, 3.05) is 26.7 Å². The summed E-state index contributed by atoms with van der Waals surface area (Å²) in [4.78, 5) is 26.2. The zero-order valence-electron chi connectivity index (χ0n) is 11.3. The van der Waals surface area contributed by atoms with Crippen molar-refractivity contribution in [1.29, 1.82) is 0 Å². The Kier molecular flexibility index (Phi) is 3.90. The van der Waals surface area contributed by atoms with Crippen LogP contribution in [-0.2, 0) is 9.59 Å². The Morgan fingerprint density at radius 2 is 2.17 bits per heavy atom. The third kappa shape index (κ3) is 2.36. The van der Waals surface area contributed by atoms with Gasteiger partial charge in [-0.2, -0.15) is 0 Å². The Morgan fingerprint density at radius 1 is 1.39 bits per heavy atom. The molecule has 18 heavy (non-hydrogen) atoms. The van der Waals surface area contributed by atoms with E-state index < -0.39 is 0 Å². The molecule has 2 rings (SSSR count). The average Bonchev–Trinajstić information content (AvgIpc) is 2.86. The molecular formula is C13H23N3O2. The standard InChI is InChI=1S/C13H23N3O2/c1-13(6-4-7-15-9-13)12(18)16-8-3-5-10(16)11(17)14-2/h10,15H,3-9H2,1-2H3,(H,14,17). The molecule has 0 aromatic carbocycles. The molecule has 2 N–H and O–H groups in total. The fourth-order valence-electron chi connectivity index (χ4n) is 3.03. The summed E-state index contributed by atoms with van der Waals surface area (Å²) in [5, 5.41) is 5.95. The van der Waals surface area contributed by atoms with Gasteiger partial charge in [0.05, 0.1) is 5.41 Å². The molecule has 102 valence electrons. The summed E-state index contributed by atoms with van der Waals surface area (Å²) in [6.45, 7) is 4.44. The van der Waals surface area contributed by atoms with Gasteiger partial charge in [0.1, 0.15) is 6.04 Å². The van der Waals surface area contributed by atoms with Crippen LogP contribution in [-0.4, -0.2) is 49.4 Å². The van der Waals surface area contributed by atoms with Crippen LogP contribution in [0.2, 0.25) is 0 Å². The van der Waals surface area contributed by atoms with Crippen LogP contribution in [0, 0.1) is 5.41 Å². The smallest absolute Gasteiger partial charge is 0.242 e. The van der Waals surface area contributed by atoms with Gasteiger partial charge in [-0.25, -0.2) is 0 Å². The van der Waals surface area contributed by atoms with Crippen molar-refractivity contribution < 1.29 is 9.59 Å². The summed E-state index contributed by atoms with van der Waals surface area (Å²) in [6.07, 6.45) is 3.65. The van der Waals surface area contributed by atoms with Gasteiger partial charge in [-0.15, -0.1) is 0 Å². The molecule has 0 spiro atoms. The van der Waals surface area contributed by atoms with Crippen molar-refractivity contribution >= 4 is 11.8 Å². The lowest BCUT2D eigenvalue weighted by Gasteiger charge is -2.37. The van der Waals surface area contributed by atoms with Gasteiger partial charge < -0.3 is 15.5 Å². The number of amides is 2. The van der Waals surface area contributed by atoms with Crippen LogP contribution in [0.25, 0.3) is 0 Å². The highest BCUT2D eigenvalue weighted by Crippen LogP contribution is 2.31. The van der Waals surface area contributed by atoms with E-state index in [4.69, 9.17) is 0 Å². The van der Waals surface area contributed by atoms with E-state index in [-0.39, 0.29) is 23.3 Å². The van der Waals surface area contributed by atoms with E-state index in [1.165, 1.54) is 0 Å². The van der Waals surface area contributed by atoms with Crippen molar-refractivity contribution in [1.82, 2.24) is 15.5 Å². The lowest BCUT2D eigenvalue weighted by atomic mass is 9.81. The minimum atomic E-state index is -0.338. The van der Waals surface area contributed by atoms with Crippen LogP contribution in [0.5, 0.6) is 0 Å². The topological polar surface area (TPSA) is 61.4 Å². The monoisotopic (exact) mass is 253 g/mol. The van der Waals surface area contributed by atoms with Gasteiger partial charge in [-0.05, 0) is 39.2 Å². The SMILES string of the molecule is CNC(=O)C1CCCN1C(=O)C1(C)CCCNC1. The summed E-state index contributed by atoms with van der Waals surface area (Å²) >= 11 is 0.